The summed E-state index contributed by atoms with van der Waals surface area (Å²) in [5, 5.41) is 0.488. The second-order valence-corrected chi connectivity index (χ2v) is 10.1. The van der Waals surface area contributed by atoms with E-state index in [1.54, 1.807) is 6.07 Å². The Bertz CT molecular complexity index is 1110. The first-order valence-corrected chi connectivity index (χ1v) is 14.2. The third-order valence-electron chi connectivity index (χ3n) is 6.95. The van der Waals surface area contributed by atoms with Crippen molar-refractivity contribution in [3.8, 4) is 5.75 Å². The van der Waals surface area contributed by atoms with Gasteiger partial charge in [0.25, 0.3) is 0 Å². The smallest absolute Gasteiger partial charge is 0.210 e. The number of hydrogen-bond acceptors (Lipinski definition) is 3. The highest BCUT2D eigenvalue weighted by Gasteiger charge is 2.22. The van der Waals surface area contributed by atoms with Gasteiger partial charge in [-0.2, -0.15) is 0 Å². The van der Waals surface area contributed by atoms with Crippen LogP contribution in [0.1, 0.15) is 92.9 Å². The summed E-state index contributed by atoms with van der Waals surface area (Å²) in [6, 6.07) is 11.5. The molecule has 0 fully saturated rings. The van der Waals surface area contributed by atoms with E-state index in [0.717, 1.165) is 62.1 Å². The number of nitrogens with zero attached hydrogens (tertiary/aromatic N) is 2. The number of aromatic nitrogens is 1. The number of carbonyl (C=O) groups excluding carboxylic acids is 1. The molecular weight excluding hydrogens is 468 g/mol. The standard InChI is InChI=1S/C31H43ClN2O2/c1-5-8-14-26-24(4)28-15-11-12-21-34(28)30(26)31(35)25-16-17-29(27(32)23-25)36-22-13-20-33(18-9-6-2)19-10-7-3/h11-12,15-17,21,23H,5-10,13-14,18-20,22H2,1-4H3. The molecule has 3 rings (SSSR count). The van der Waals surface area contributed by atoms with Crippen molar-refractivity contribution in [2.45, 2.75) is 79.1 Å². The normalized spacial score (nSPS) is 11.5. The second kappa shape index (κ2) is 14.4. The van der Waals surface area contributed by atoms with Crippen LogP contribution in [0, 0.1) is 6.92 Å². The van der Waals surface area contributed by atoms with Gasteiger partial charge in [0.2, 0.25) is 5.78 Å². The van der Waals surface area contributed by atoms with Gasteiger partial charge in [-0.25, -0.2) is 0 Å². The van der Waals surface area contributed by atoms with Crippen LogP contribution in [-0.2, 0) is 6.42 Å². The fraction of sp³-hybridized carbons (Fsp3) is 0.516. The second-order valence-electron chi connectivity index (χ2n) is 9.74. The van der Waals surface area contributed by atoms with Crippen molar-refractivity contribution in [1.29, 1.82) is 0 Å². The Labute approximate surface area is 222 Å². The minimum absolute atomic E-state index is 0.00587. The number of halogens is 1. The maximum atomic E-state index is 13.7. The quantitative estimate of drug-likeness (QED) is 0.144. The number of fused-ring (bicyclic) bond motifs is 1. The number of benzene rings is 1. The molecule has 5 heteroatoms. The first-order chi connectivity index (χ1) is 17.5. The molecule has 0 aliphatic heterocycles. The lowest BCUT2D eigenvalue weighted by atomic mass is 9.99. The molecule has 0 amide bonds. The zero-order valence-corrected chi connectivity index (χ0v) is 23.4. The Morgan fingerprint density at radius 3 is 2.31 bits per heavy atom. The summed E-state index contributed by atoms with van der Waals surface area (Å²) in [4.78, 5) is 16.2. The number of ether oxygens (including phenoxy) is 1. The highest BCUT2D eigenvalue weighted by molar-refractivity contribution is 6.32. The van der Waals surface area contributed by atoms with E-state index >= 15 is 0 Å². The number of rotatable bonds is 16. The third kappa shape index (κ3) is 7.14. The van der Waals surface area contributed by atoms with Gasteiger partial charge in [0.15, 0.2) is 0 Å². The number of unbranched alkanes of at least 4 members (excludes halogenated alkanes) is 3. The van der Waals surface area contributed by atoms with Crippen molar-refractivity contribution in [1.82, 2.24) is 9.30 Å². The molecule has 0 unspecified atom stereocenters. The molecule has 0 N–H and O–H groups in total. The molecule has 2 heterocycles. The summed E-state index contributed by atoms with van der Waals surface area (Å²) < 4.78 is 8.04. The number of aryl methyl sites for hydroxylation is 1. The van der Waals surface area contributed by atoms with Crippen LogP contribution in [0.2, 0.25) is 5.02 Å². The third-order valence-corrected chi connectivity index (χ3v) is 7.24. The Kier molecular flexibility index (Phi) is 11.3. The average molecular weight is 511 g/mol. The molecule has 1 aromatic carbocycles. The largest absolute Gasteiger partial charge is 0.492 e. The zero-order valence-electron chi connectivity index (χ0n) is 22.6. The topological polar surface area (TPSA) is 34.0 Å². The van der Waals surface area contributed by atoms with Crippen LogP contribution in [0.25, 0.3) is 5.52 Å². The van der Waals surface area contributed by atoms with Crippen molar-refractivity contribution in [2.75, 3.05) is 26.2 Å². The number of carbonyl (C=O) groups is 1. The van der Waals surface area contributed by atoms with E-state index in [1.807, 2.05) is 34.9 Å². The van der Waals surface area contributed by atoms with Gasteiger partial charge in [-0.3, -0.25) is 4.79 Å². The van der Waals surface area contributed by atoms with Gasteiger partial charge in [0.05, 0.1) is 17.3 Å². The maximum absolute atomic E-state index is 13.7. The summed E-state index contributed by atoms with van der Waals surface area (Å²) in [5.41, 5.74) is 4.76. The minimum atomic E-state index is 0.00587. The first kappa shape index (κ1) is 28.3. The Hall–Kier alpha value is -2.30. The highest BCUT2D eigenvalue weighted by Crippen LogP contribution is 2.30. The van der Waals surface area contributed by atoms with Crippen LogP contribution >= 0.6 is 11.6 Å². The monoisotopic (exact) mass is 510 g/mol. The van der Waals surface area contributed by atoms with Gasteiger partial charge in [-0.15, -0.1) is 0 Å². The molecule has 3 aromatic rings. The number of hydrogen-bond donors (Lipinski definition) is 0. The van der Waals surface area contributed by atoms with Crippen molar-refractivity contribution >= 4 is 22.9 Å². The molecule has 196 valence electrons. The van der Waals surface area contributed by atoms with Crippen molar-refractivity contribution in [3.63, 3.8) is 0 Å². The predicted molar refractivity (Wildman–Crippen MR) is 152 cm³/mol. The lowest BCUT2D eigenvalue weighted by Gasteiger charge is -2.22. The van der Waals surface area contributed by atoms with Gasteiger partial charge in [0, 0.05) is 23.8 Å². The van der Waals surface area contributed by atoms with Crippen LogP contribution < -0.4 is 4.74 Å². The van der Waals surface area contributed by atoms with E-state index in [9.17, 15) is 4.79 Å². The van der Waals surface area contributed by atoms with E-state index in [4.69, 9.17) is 16.3 Å². The molecule has 0 saturated heterocycles. The van der Waals surface area contributed by atoms with E-state index < -0.39 is 0 Å². The Morgan fingerprint density at radius 2 is 1.64 bits per heavy atom. The maximum Gasteiger partial charge on any atom is 0.210 e. The predicted octanol–water partition coefficient (Wildman–Crippen LogP) is 8.15. The van der Waals surface area contributed by atoms with Gasteiger partial charge >= 0.3 is 0 Å². The molecule has 2 aromatic heterocycles. The molecule has 0 spiro atoms. The number of pyridine rings is 1. The Balaban J connectivity index is 1.70. The van der Waals surface area contributed by atoms with Crippen molar-refractivity contribution in [2.24, 2.45) is 0 Å². The van der Waals surface area contributed by atoms with Gasteiger partial charge < -0.3 is 14.0 Å². The van der Waals surface area contributed by atoms with Crippen LogP contribution in [-0.4, -0.2) is 41.3 Å². The van der Waals surface area contributed by atoms with Crippen molar-refractivity contribution in [3.05, 3.63) is 70.0 Å². The molecule has 0 aliphatic carbocycles. The van der Waals surface area contributed by atoms with Crippen LogP contribution in [0.5, 0.6) is 5.75 Å². The van der Waals surface area contributed by atoms with Crippen LogP contribution in [0.4, 0.5) is 0 Å². The first-order valence-electron chi connectivity index (χ1n) is 13.8. The summed E-state index contributed by atoms with van der Waals surface area (Å²) in [5.74, 6) is 0.649. The molecule has 0 bridgehead atoms. The molecule has 0 saturated carbocycles. The SMILES string of the molecule is CCCCc1c(C)c2ccccn2c1C(=O)c1ccc(OCCCN(CCCC)CCCC)c(Cl)c1. The van der Waals surface area contributed by atoms with E-state index in [-0.39, 0.29) is 5.78 Å². The van der Waals surface area contributed by atoms with Crippen LogP contribution in [0.15, 0.2) is 42.6 Å². The van der Waals surface area contributed by atoms with Crippen LogP contribution in [0.3, 0.4) is 0 Å². The highest BCUT2D eigenvalue weighted by atomic mass is 35.5. The fourth-order valence-electron chi connectivity index (χ4n) is 4.79. The molecule has 0 atom stereocenters. The summed E-state index contributed by atoms with van der Waals surface area (Å²) in [6.45, 7) is 12.7. The number of ketones is 1. The van der Waals surface area contributed by atoms with Gasteiger partial charge in [-0.05, 0) is 93.6 Å². The summed E-state index contributed by atoms with van der Waals surface area (Å²) >= 11 is 6.59. The van der Waals surface area contributed by atoms with E-state index in [0.29, 0.717) is 22.9 Å². The molecule has 0 aliphatic rings. The van der Waals surface area contributed by atoms with Gasteiger partial charge in [0.1, 0.15) is 5.75 Å². The van der Waals surface area contributed by atoms with Crippen molar-refractivity contribution < 1.29 is 9.53 Å². The zero-order chi connectivity index (χ0) is 25.9. The lowest BCUT2D eigenvalue weighted by Crippen LogP contribution is -2.28. The Morgan fingerprint density at radius 1 is 0.944 bits per heavy atom. The van der Waals surface area contributed by atoms with E-state index in [1.165, 1.54) is 31.2 Å². The summed E-state index contributed by atoms with van der Waals surface area (Å²) in [7, 11) is 0. The molecule has 4 nitrogen and oxygen atoms in total. The van der Waals surface area contributed by atoms with E-state index in [2.05, 4.69) is 38.7 Å². The average Bonchev–Trinajstić information content (AvgIpc) is 3.18. The minimum Gasteiger partial charge on any atom is -0.492 e. The fourth-order valence-corrected chi connectivity index (χ4v) is 5.03. The molecular formula is C31H43ClN2O2. The molecule has 36 heavy (non-hydrogen) atoms. The van der Waals surface area contributed by atoms with Gasteiger partial charge in [-0.1, -0.05) is 57.7 Å². The summed E-state index contributed by atoms with van der Waals surface area (Å²) in [6.07, 6.45) is 10.9. The lowest BCUT2D eigenvalue weighted by molar-refractivity contribution is 0.103. The molecule has 0 radical (unpaired) electrons.